The van der Waals surface area contributed by atoms with E-state index in [1.807, 2.05) is 12.1 Å². The fourth-order valence-corrected chi connectivity index (χ4v) is 2.00. The van der Waals surface area contributed by atoms with Gasteiger partial charge in [-0.15, -0.1) is 0 Å². The van der Waals surface area contributed by atoms with Crippen LogP contribution in [-0.2, 0) is 13.0 Å². The molecule has 2 N–H and O–H groups in total. The van der Waals surface area contributed by atoms with Crippen molar-refractivity contribution in [1.29, 1.82) is 0 Å². The quantitative estimate of drug-likeness (QED) is 0.773. The highest BCUT2D eigenvalue weighted by Crippen LogP contribution is 2.27. The smallest absolute Gasteiger partial charge is 0.126 e. The summed E-state index contributed by atoms with van der Waals surface area (Å²) in [5, 5.41) is 17.8. The molecule has 0 unspecified atom stereocenters. The Morgan fingerprint density at radius 2 is 2.17 bits per heavy atom. The van der Waals surface area contributed by atoms with E-state index in [4.69, 9.17) is 4.74 Å². The number of ether oxygens (including phenoxy) is 1. The zero-order chi connectivity index (χ0) is 13.0. The Bertz CT molecular complexity index is 520. The molecule has 0 fully saturated rings. The number of unbranched alkanes of at least 4 members (excludes halogenated alkanes) is 1. The number of hydrogen-bond acceptors (Lipinski definition) is 3. The van der Waals surface area contributed by atoms with Crippen molar-refractivity contribution in [2.24, 2.45) is 0 Å². The molecule has 0 radical (unpaired) electrons. The number of hydrogen-bond donors (Lipinski definition) is 2. The van der Waals surface area contributed by atoms with Crippen molar-refractivity contribution >= 4 is 10.9 Å². The molecule has 18 heavy (non-hydrogen) atoms. The number of aromatic nitrogens is 2. The van der Waals surface area contributed by atoms with E-state index in [2.05, 4.69) is 24.0 Å². The number of aliphatic hydroxyl groups is 1. The lowest BCUT2D eigenvalue weighted by atomic mass is 10.1. The highest BCUT2D eigenvalue weighted by Gasteiger charge is 2.10. The van der Waals surface area contributed by atoms with Crippen molar-refractivity contribution in [2.45, 2.75) is 39.7 Å². The molecule has 98 valence electrons. The van der Waals surface area contributed by atoms with Gasteiger partial charge in [-0.1, -0.05) is 20.3 Å². The summed E-state index contributed by atoms with van der Waals surface area (Å²) in [5.74, 6) is 0.754. The van der Waals surface area contributed by atoms with E-state index in [1.54, 1.807) is 0 Å². The van der Waals surface area contributed by atoms with Crippen molar-refractivity contribution < 1.29 is 9.84 Å². The van der Waals surface area contributed by atoms with Crippen LogP contribution in [-0.4, -0.2) is 21.9 Å². The Kier molecular flexibility index (Phi) is 4.20. The molecule has 1 heterocycles. The number of benzene rings is 1. The Morgan fingerprint density at radius 3 is 2.83 bits per heavy atom. The summed E-state index contributed by atoms with van der Waals surface area (Å²) in [7, 11) is 0. The molecule has 4 heteroatoms. The number of H-pyrrole nitrogens is 1. The van der Waals surface area contributed by atoms with Crippen molar-refractivity contribution in [1.82, 2.24) is 10.2 Å². The molecule has 0 saturated carbocycles. The highest BCUT2D eigenvalue weighted by molar-refractivity contribution is 5.84. The average molecular weight is 248 g/mol. The van der Waals surface area contributed by atoms with Gasteiger partial charge in [0.2, 0.25) is 0 Å². The van der Waals surface area contributed by atoms with Crippen LogP contribution in [0.5, 0.6) is 5.75 Å². The van der Waals surface area contributed by atoms with Crippen LogP contribution < -0.4 is 4.74 Å². The Labute approximate surface area is 107 Å². The van der Waals surface area contributed by atoms with Gasteiger partial charge in [0.05, 0.1) is 24.4 Å². The maximum Gasteiger partial charge on any atom is 0.126 e. The Hall–Kier alpha value is -1.55. The summed E-state index contributed by atoms with van der Waals surface area (Å²) in [6.07, 6.45) is 2.99. The lowest BCUT2D eigenvalue weighted by molar-refractivity contribution is 0.261. The Morgan fingerprint density at radius 1 is 1.33 bits per heavy atom. The van der Waals surface area contributed by atoms with E-state index in [0.717, 1.165) is 47.2 Å². The van der Waals surface area contributed by atoms with Gasteiger partial charge in [0, 0.05) is 17.0 Å². The van der Waals surface area contributed by atoms with E-state index >= 15 is 0 Å². The van der Waals surface area contributed by atoms with Crippen LogP contribution in [0.3, 0.4) is 0 Å². The Balaban J connectivity index is 2.34. The second-order valence-corrected chi connectivity index (χ2v) is 4.39. The number of aryl methyl sites for hydroxylation is 1. The molecule has 0 saturated heterocycles. The van der Waals surface area contributed by atoms with Gasteiger partial charge >= 0.3 is 0 Å². The molecule has 1 aromatic carbocycles. The molecule has 2 rings (SSSR count). The molecule has 0 spiro atoms. The van der Waals surface area contributed by atoms with Gasteiger partial charge in [-0.25, -0.2) is 0 Å². The first-order chi connectivity index (χ1) is 8.80. The van der Waals surface area contributed by atoms with Gasteiger partial charge in [0.1, 0.15) is 5.75 Å². The van der Waals surface area contributed by atoms with Gasteiger partial charge < -0.3 is 9.84 Å². The predicted molar refractivity (Wildman–Crippen MR) is 71.8 cm³/mol. The van der Waals surface area contributed by atoms with Gasteiger partial charge in [0.25, 0.3) is 0 Å². The van der Waals surface area contributed by atoms with Crippen molar-refractivity contribution in [2.75, 3.05) is 6.61 Å². The van der Waals surface area contributed by atoms with E-state index in [-0.39, 0.29) is 6.61 Å². The molecule has 1 aromatic heterocycles. The van der Waals surface area contributed by atoms with Gasteiger partial charge in [-0.2, -0.15) is 5.10 Å². The number of nitrogens with one attached hydrogen (secondary N) is 1. The number of aromatic amines is 1. The molecule has 0 aliphatic carbocycles. The molecular formula is C14H20N2O2. The third-order valence-electron chi connectivity index (χ3n) is 3.08. The van der Waals surface area contributed by atoms with Crippen molar-refractivity contribution in [3.05, 3.63) is 23.4 Å². The van der Waals surface area contributed by atoms with Crippen molar-refractivity contribution in [3.63, 3.8) is 0 Å². The number of rotatable bonds is 6. The second-order valence-electron chi connectivity index (χ2n) is 4.39. The minimum atomic E-state index is -0.00820. The third-order valence-corrected chi connectivity index (χ3v) is 3.08. The topological polar surface area (TPSA) is 58.1 Å². The summed E-state index contributed by atoms with van der Waals surface area (Å²) in [6.45, 7) is 4.87. The maximum absolute atomic E-state index is 9.42. The van der Waals surface area contributed by atoms with Gasteiger partial charge in [-0.05, 0) is 18.9 Å². The second kappa shape index (κ2) is 5.87. The normalized spacial score (nSPS) is 11.1. The first-order valence-corrected chi connectivity index (χ1v) is 6.53. The largest absolute Gasteiger partial charge is 0.493 e. The minimum Gasteiger partial charge on any atom is -0.493 e. The first kappa shape index (κ1) is 12.9. The molecule has 0 atom stereocenters. The standard InChI is InChI=1S/C14H20N2O2/c1-3-5-6-18-14-8-13-11(7-10(14)9-17)12(4-2)15-16-13/h7-8,17H,3-6,9H2,1-2H3,(H,15,16). The van der Waals surface area contributed by atoms with Crippen LogP contribution in [0.4, 0.5) is 0 Å². The highest BCUT2D eigenvalue weighted by atomic mass is 16.5. The molecule has 4 nitrogen and oxygen atoms in total. The van der Waals surface area contributed by atoms with Crippen LogP contribution in [0.1, 0.15) is 37.9 Å². The molecule has 0 bridgehead atoms. The number of nitrogens with zero attached hydrogens (tertiary/aromatic N) is 1. The summed E-state index contributed by atoms with van der Waals surface area (Å²) in [6, 6.07) is 3.90. The van der Waals surface area contributed by atoms with Gasteiger partial charge in [0.15, 0.2) is 0 Å². The van der Waals surface area contributed by atoms with Gasteiger partial charge in [-0.3, -0.25) is 5.10 Å². The summed E-state index contributed by atoms with van der Waals surface area (Å²) in [5.41, 5.74) is 2.82. The molecule has 2 aromatic rings. The monoisotopic (exact) mass is 248 g/mol. The maximum atomic E-state index is 9.42. The number of aliphatic hydroxyl groups excluding tert-OH is 1. The predicted octanol–water partition coefficient (Wildman–Crippen LogP) is 2.80. The van der Waals surface area contributed by atoms with Crippen LogP contribution in [0.25, 0.3) is 10.9 Å². The fourth-order valence-electron chi connectivity index (χ4n) is 2.00. The zero-order valence-corrected chi connectivity index (χ0v) is 11.0. The molecule has 0 aliphatic rings. The van der Waals surface area contributed by atoms with Crippen LogP contribution in [0.2, 0.25) is 0 Å². The summed E-state index contributed by atoms with van der Waals surface area (Å²) in [4.78, 5) is 0. The van der Waals surface area contributed by atoms with E-state index in [0.29, 0.717) is 6.61 Å². The number of fused-ring (bicyclic) bond motifs is 1. The lowest BCUT2D eigenvalue weighted by Crippen LogP contribution is -2.00. The minimum absolute atomic E-state index is 0.00820. The third kappa shape index (κ3) is 2.48. The summed E-state index contributed by atoms with van der Waals surface area (Å²) < 4.78 is 5.71. The average Bonchev–Trinajstić information content (AvgIpc) is 2.80. The van der Waals surface area contributed by atoms with E-state index in [9.17, 15) is 5.11 Å². The summed E-state index contributed by atoms with van der Waals surface area (Å²) >= 11 is 0. The first-order valence-electron chi connectivity index (χ1n) is 6.53. The zero-order valence-electron chi connectivity index (χ0n) is 11.0. The van der Waals surface area contributed by atoms with Crippen molar-refractivity contribution in [3.8, 4) is 5.75 Å². The van der Waals surface area contributed by atoms with Crippen LogP contribution in [0, 0.1) is 0 Å². The van der Waals surface area contributed by atoms with Crippen LogP contribution in [0.15, 0.2) is 12.1 Å². The van der Waals surface area contributed by atoms with E-state index < -0.39 is 0 Å². The molecule has 0 amide bonds. The molecular weight excluding hydrogens is 228 g/mol. The lowest BCUT2D eigenvalue weighted by Gasteiger charge is -2.10. The van der Waals surface area contributed by atoms with E-state index in [1.165, 1.54) is 0 Å². The SMILES string of the molecule is CCCCOc1cc2[nH]nc(CC)c2cc1CO. The van der Waals surface area contributed by atoms with Crippen LogP contribution >= 0.6 is 0 Å². The fraction of sp³-hybridized carbons (Fsp3) is 0.500. The molecule has 0 aliphatic heterocycles.